The second-order valence-electron chi connectivity index (χ2n) is 6.98. The topological polar surface area (TPSA) is 93.9 Å². The average molecular weight is 418 g/mol. The molecule has 0 bridgehead atoms. The highest BCUT2D eigenvalue weighted by atomic mass is 32.1. The molecule has 0 atom stereocenters. The number of furan rings is 1. The standard InChI is InChI=1S/C20H24N4O4S/c1-5-22(6-2)9-10-23(19(25)15-7-8-17(28-15)24(26)27)20-21-18-14(4)11-13(3)12-16(18)29-20/h7-8,11-12H,5-6,9-10H2,1-4H3/p+1. The lowest BCUT2D eigenvalue weighted by atomic mass is 10.1. The predicted molar refractivity (Wildman–Crippen MR) is 113 cm³/mol. The molecule has 0 saturated heterocycles. The molecule has 0 spiro atoms. The summed E-state index contributed by atoms with van der Waals surface area (Å²) in [7, 11) is 0. The van der Waals surface area contributed by atoms with E-state index in [0.717, 1.165) is 41.0 Å². The van der Waals surface area contributed by atoms with E-state index in [1.165, 1.54) is 28.4 Å². The number of nitrogens with zero attached hydrogens (tertiary/aromatic N) is 3. The Morgan fingerprint density at radius 2 is 2.00 bits per heavy atom. The van der Waals surface area contributed by atoms with Crippen molar-refractivity contribution in [2.75, 3.05) is 31.1 Å². The summed E-state index contributed by atoms with van der Waals surface area (Å²) in [6.45, 7) is 11.3. The SMILES string of the molecule is CC[NH+](CC)CCN(C(=O)c1ccc([N+](=O)[O-])o1)c1nc2c(C)cc(C)cc2s1. The van der Waals surface area contributed by atoms with Gasteiger partial charge in [0.1, 0.15) is 4.92 Å². The number of nitrogens with one attached hydrogen (secondary N) is 1. The first-order valence-corrected chi connectivity index (χ1v) is 10.4. The van der Waals surface area contributed by atoms with E-state index < -0.39 is 16.7 Å². The van der Waals surface area contributed by atoms with E-state index in [2.05, 4.69) is 26.0 Å². The van der Waals surface area contributed by atoms with Crippen LogP contribution in [-0.2, 0) is 0 Å². The second kappa shape index (κ2) is 8.71. The number of thiazole rings is 1. The maximum Gasteiger partial charge on any atom is 0.433 e. The molecule has 8 nitrogen and oxygen atoms in total. The average Bonchev–Trinajstić information content (AvgIpc) is 3.32. The molecule has 29 heavy (non-hydrogen) atoms. The summed E-state index contributed by atoms with van der Waals surface area (Å²) in [6, 6.07) is 6.67. The number of aromatic nitrogens is 1. The molecule has 0 unspecified atom stereocenters. The summed E-state index contributed by atoms with van der Waals surface area (Å²) >= 11 is 1.45. The maximum absolute atomic E-state index is 13.2. The van der Waals surface area contributed by atoms with Crippen LogP contribution in [0.25, 0.3) is 10.2 Å². The monoisotopic (exact) mass is 417 g/mol. The lowest BCUT2D eigenvalue weighted by molar-refractivity contribution is -0.894. The Morgan fingerprint density at radius 3 is 2.62 bits per heavy atom. The van der Waals surface area contributed by atoms with Gasteiger partial charge < -0.3 is 9.32 Å². The van der Waals surface area contributed by atoms with E-state index in [0.29, 0.717) is 11.7 Å². The normalized spacial score (nSPS) is 11.3. The zero-order chi connectivity index (χ0) is 21.1. The molecule has 0 fully saturated rings. The lowest BCUT2D eigenvalue weighted by Gasteiger charge is -2.22. The van der Waals surface area contributed by atoms with E-state index in [9.17, 15) is 14.9 Å². The van der Waals surface area contributed by atoms with Gasteiger partial charge in [0.15, 0.2) is 10.9 Å². The number of hydrogen-bond acceptors (Lipinski definition) is 6. The van der Waals surface area contributed by atoms with Crippen LogP contribution >= 0.6 is 11.3 Å². The second-order valence-corrected chi connectivity index (χ2v) is 7.99. The minimum Gasteiger partial charge on any atom is -0.395 e. The zero-order valence-corrected chi connectivity index (χ0v) is 17.8. The summed E-state index contributed by atoms with van der Waals surface area (Å²) in [5.41, 5.74) is 3.06. The van der Waals surface area contributed by atoms with Crippen LogP contribution in [-0.4, -0.2) is 42.0 Å². The van der Waals surface area contributed by atoms with Gasteiger partial charge in [0.2, 0.25) is 0 Å². The Bertz CT molecular complexity index is 1040. The van der Waals surface area contributed by atoms with Gasteiger partial charge in [0.25, 0.3) is 5.91 Å². The van der Waals surface area contributed by atoms with Gasteiger partial charge in [0.05, 0.1) is 42.5 Å². The van der Waals surface area contributed by atoms with Gasteiger partial charge in [-0.2, -0.15) is 0 Å². The van der Waals surface area contributed by atoms with Crippen molar-refractivity contribution < 1.29 is 19.0 Å². The summed E-state index contributed by atoms with van der Waals surface area (Å²) in [5.74, 6) is -0.921. The van der Waals surface area contributed by atoms with Crippen LogP contribution in [0.4, 0.5) is 11.0 Å². The molecule has 154 valence electrons. The number of carbonyl (C=O) groups excluding carboxylic acids is 1. The van der Waals surface area contributed by atoms with Crippen molar-refractivity contribution in [1.29, 1.82) is 0 Å². The van der Waals surface area contributed by atoms with Gasteiger partial charge in [-0.05, 0) is 51.0 Å². The fourth-order valence-electron chi connectivity index (χ4n) is 3.31. The molecular weight excluding hydrogens is 392 g/mol. The number of amides is 1. The number of nitro groups is 1. The van der Waals surface area contributed by atoms with Gasteiger partial charge >= 0.3 is 5.88 Å². The van der Waals surface area contributed by atoms with Crippen LogP contribution in [0.5, 0.6) is 0 Å². The van der Waals surface area contributed by atoms with Crippen molar-refractivity contribution in [2.45, 2.75) is 27.7 Å². The third kappa shape index (κ3) is 4.46. The summed E-state index contributed by atoms with van der Waals surface area (Å²) in [6.07, 6.45) is 0. The highest BCUT2D eigenvalue weighted by Crippen LogP contribution is 2.32. The Labute approximate surface area is 172 Å². The first-order chi connectivity index (χ1) is 13.8. The molecule has 0 aliphatic carbocycles. The van der Waals surface area contributed by atoms with E-state index in [1.54, 1.807) is 4.90 Å². The lowest BCUT2D eigenvalue weighted by Crippen LogP contribution is -3.12. The number of hydrogen-bond donors (Lipinski definition) is 1. The molecule has 2 aromatic heterocycles. The number of quaternary nitrogens is 1. The first kappa shape index (κ1) is 20.9. The smallest absolute Gasteiger partial charge is 0.395 e. The number of anilines is 1. The third-order valence-corrected chi connectivity index (χ3v) is 5.99. The van der Waals surface area contributed by atoms with Gasteiger partial charge in [-0.1, -0.05) is 17.4 Å². The zero-order valence-electron chi connectivity index (χ0n) is 17.0. The summed E-state index contributed by atoms with van der Waals surface area (Å²) in [4.78, 5) is 31.1. The molecule has 0 radical (unpaired) electrons. The first-order valence-electron chi connectivity index (χ1n) is 9.61. The van der Waals surface area contributed by atoms with E-state index in [-0.39, 0.29) is 5.76 Å². The molecule has 0 aliphatic heterocycles. The van der Waals surface area contributed by atoms with Crippen molar-refractivity contribution in [3.63, 3.8) is 0 Å². The van der Waals surface area contributed by atoms with Gasteiger partial charge in [0, 0.05) is 0 Å². The maximum atomic E-state index is 13.2. The van der Waals surface area contributed by atoms with Crippen LogP contribution < -0.4 is 9.80 Å². The van der Waals surface area contributed by atoms with Crippen molar-refractivity contribution in [1.82, 2.24) is 4.98 Å². The number of aryl methyl sites for hydroxylation is 2. The van der Waals surface area contributed by atoms with Crippen LogP contribution in [0.3, 0.4) is 0 Å². The molecule has 1 aromatic carbocycles. The number of fused-ring (bicyclic) bond motifs is 1. The van der Waals surface area contributed by atoms with Crippen molar-refractivity contribution in [2.24, 2.45) is 0 Å². The van der Waals surface area contributed by atoms with Gasteiger partial charge in [-0.25, -0.2) is 4.98 Å². The fourth-order valence-corrected chi connectivity index (χ4v) is 4.47. The molecule has 0 aliphatic rings. The fraction of sp³-hybridized carbons (Fsp3) is 0.400. The van der Waals surface area contributed by atoms with Crippen molar-refractivity contribution >= 4 is 38.5 Å². The summed E-state index contributed by atoms with van der Waals surface area (Å²) in [5, 5.41) is 11.5. The number of benzene rings is 1. The van der Waals surface area contributed by atoms with Crippen LogP contribution in [0.2, 0.25) is 0 Å². The minimum atomic E-state index is -0.648. The Hall–Kier alpha value is -2.78. The molecular formula is C20H25N4O4S+. The Balaban J connectivity index is 1.99. The van der Waals surface area contributed by atoms with Crippen LogP contribution in [0.15, 0.2) is 28.7 Å². The largest absolute Gasteiger partial charge is 0.433 e. The van der Waals surface area contributed by atoms with Gasteiger partial charge in [-0.3, -0.25) is 19.8 Å². The third-order valence-electron chi connectivity index (χ3n) is 4.97. The van der Waals surface area contributed by atoms with Gasteiger partial charge in [-0.15, -0.1) is 0 Å². The number of carbonyl (C=O) groups is 1. The predicted octanol–water partition coefficient (Wildman–Crippen LogP) is 2.99. The summed E-state index contributed by atoms with van der Waals surface area (Å²) < 4.78 is 6.18. The highest BCUT2D eigenvalue weighted by Gasteiger charge is 2.27. The van der Waals surface area contributed by atoms with Crippen LogP contribution in [0.1, 0.15) is 35.5 Å². The highest BCUT2D eigenvalue weighted by molar-refractivity contribution is 7.22. The quantitative estimate of drug-likeness (QED) is 0.449. The van der Waals surface area contributed by atoms with Crippen LogP contribution in [0, 0.1) is 24.0 Å². The number of likely N-dealkylation sites (N-methyl/N-ethyl adjacent to an activating group) is 1. The van der Waals surface area contributed by atoms with Crippen molar-refractivity contribution in [3.8, 4) is 0 Å². The Kier molecular flexibility index (Phi) is 6.29. The van der Waals surface area contributed by atoms with Crippen molar-refractivity contribution in [3.05, 3.63) is 51.3 Å². The molecule has 3 aromatic rings. The Morgan fingerprint density at radius 1 is 1.28 bits per heavy atom. The minimum absolute atomic E-state index is 0.0570. The van der Waals surface area contributed by atoms with E-state index in [1.807, 2.05) is 13.8 Å². The molecule has 9 heteroatoms. The molecule has 1 N–H and O–H groups in total. The molecule has 1 amide bonds. The molecule has 0 saturated carbocycles. The number of rotatable bonds is 8. The van der Waals surface area contributed by atoms with E-state index in [4.69, 9.17) is 9.40 Å². The molecule has 3 rings (SSSR count). The van der Waals surface area contributed by atoms with E-state index >= 15 is 0 Å². The molecule has 2 heterocycles.